The third-order valence-corrected chi connectivity index (χ3v) is 22.9. The molecule has 0 bridgehead atoms. The average molecular weight is 2070 g/mol. The largest absolute Gasteiger partial charge is 0.497 e. The van der Waals surface area contributed by atoms with Crippen LogP contribution in [0.5, 0.6) is 11.5 Å². The van der Waals surface area contributed by atoms with E-state index < -0.39 is 283 Å². The van der Waals surface area contributed by atoms with Crippen molar-refractivity contribution in [3.8, 4) is 23.8 Å². The van der Waals surface area contributed by atoms with Crippen molar-refractivity contribution in [3.05, 3.63) is 95.5 Å². The summed E-state index contributed by atoms with van der Waals surface area (Å²) in [5.41, 5.74) is 2.35. The van der Waals surface area contributed by atoms with Crippen LogP contribution in [0.15, 0.2) is 83.0 Å². The maximum Gasteiger partial charge on any atom is 0.422 e. The first-order chi connectivity index (χ1) is 67.9. The summed E-state index contributed by atoms with van der Waals surface area (Å²) in [6.45, 7) is 23.1. The molecule has 7 fully saturated rings. The normalized spacial score (nSPS) is 32.6. The van der Waals surface area contributed by atoms with Crippen LogP contribution >= 0.6 is 0 Å². The summed E-state index contributed by atoms with van der Waals surface area (Å²) >= 11 is 0. The first-order valence-corrected chi connectivity index (χ1v) is 47.1. The number of carbonyl (C=O) groups is 6. The molecule has 1 saturated carbocycles. The molecule has 6 saturated heterocycles. The number of ether oxygens (including phenoxy) is 26. The Morgan fingerprint density at radius 1 is 0.382 bits per heavy atom. The van der Waals surface area contributed by atoms with Crippen LogP contribution < -0.4 is 9.47 Å². The first-order valence-electron chi connectivity index (χ1n) is 47.1. The van der Waals surface area contributed by atoms with Crippen molar-refractivity contribution in [2.75, 3.05) is 73.7 Å². The molecule has 3 aromatic rings. The number of allylic oxidation sites excluding steroid dienone is 2. The molecule has 0 radical (unpaired) electrons. The number of furan rings is 1. The average Bonchev–Trinajstić information content (AvgIpc) is 1.58. The van der Waals surface area contributed by atoms with Gasteiger partial charge < -0.3 is 189 Å². The Labute approximate surface area is 831 Å². The molecule has 12 N–H and O–H groups in total. The van der Waals surface area contributed by atoms with Gasteiger partial charge in [-0.1, -0.05) is 55.7 Å². The van der Waals surface area contributed by atoms with E-state index in [1.807, 2.05) is 13.8 Å². The van der Waals surface area contributed by atoms with Crippen LogP contribution in [-0.4, -0.2) is 398 Å². The fraction of sp³-hybridized carbons (Fsp3) is 0.729. The third kappa shape index (κ3) is 35.1. The van der Waals surface area contributed by atoms with Gasteiger partial charge in [0.05, 0.1) is 103 Å². The molecule has 32 atom stereocenters. The number of rotatable bonds is 46. The number of carbonyl (C=O) groups excluding carboxylic acids is 6. The molecule has 10 rings (SSSR count). The molecule has 45 nitrogen and oxygen atoms in total. The molecule has 816 valence electrons. The highest BCUT2D eigenvalue weighted by atomic mass is 19.4. The van der Waals surface area contributed by atoms with E-state index in [1.165, 1.54) is 20.5 Å². The van der Waals surface area contributed by atoms with E-state index in [1.54, 1.807) is 144 Å². The van der Waals surface area contributed by atoms with Gasteiger partial charge in [-0.2, -0.15) is 13.2 Å². The minimum absolute atomic E-state index is 0.0542. The van der Waals surface area contributed by atoms with E-state index in [-0.39, 0.29) is 76.7 Å². The number of terminal acetylenes is 1. The molecule has 144 heavy (non-hydrogen) atoms. The topological polar surface area (TPSA) is 598 Å². The molecule has 1 aliphatic carbocycles. The van der Waals surface area contributed by atoms with Crippen LogP contribution in [0.25, 0.3) is 0 Å². The summed E-state index contributed by atoms with van der Waals surface area (Å²) in [6.07, 6.45) is -45.6. The van der Waals surface area contributed by atoms with Crippen LogP contribution in [0.1, 0.15) is 128 Å². The van der Waals surface area contributed by atoms with Crippen molar-refractivity contribution in [2.24, 2.45) is 17.3 Å². The van der Waals surface area contributed by atoms with Gasteiger partial charge in [-0.15, -0.1) is 6.42 Å². The number of hydrogen-bond acceptors (Lipinski definition) is 45. The van der Waals surface area contributed by atoms with E-state index in [9.17, 15) is 103 Å². The molecule has 48 heteroatoms. The maximum absolute atomic E-state index is 13.3. The predicted octanol–water partition coefficient (Wildman–Crippen LogP) is 1.40. The monoisotopic (exact) mass is 2070 g/mol. The van der Waals surface area contributed by atoms with Crippen molar-refractivity contribution in [2.45, 2.75) is 358 Å². The second kappa shape index (κ2) is 57.1. The van der Waals surface area contributed by atoms with Crippen molar-refractivity contribution in [3.63, 3.8) is 0 Å². The molecule has 7 heterocycles. The van der Waals surface area contributed by atoms with Gasteiger partial charge in [0.2, 0.25) is 0 Å². The van der Waals surface area contributed by atoms with E-state index in [0.29, 0.717) is 28.4 Å². The fourth-order valence-electron chi connectivity index (χ4n) is 15.7. The molecule has 0 amide bonds. The minimum Gasteiger partial charge on any atom is -0.497 e. The maximum atomic E-state index is 13.3. The summed E-state index contributed by atoms with van der Waals surface area (Å²) in [7, 11) is 3.05. The Hall–Kier alpha value is -7.97. The molecule has 2 aromatic carbocycles. The second-order valence-electron chi connectivity index (χ2n) is 37.0. The highest BCUT2D eigenvalue weighted by molar-refractivity contribution is 5.78. The number of aliphatic hydroxyl groups excluding tert-OH is 12. The van der Waals surface area contributed by atoms with Crippen LogP contribution in [-0.2, 0) is 162 Å². The number of alkyl halides is 3. The minimum atomic E-state index is -4.85. The molecule has 7 aliphatic rings. The Kier molecular flexibility index (Phi) is 48.1. The number of halogens is 3. The second-order valence-corrected chi connectivity index (χ2v) is 37.0. The quantitative estimate of drug-likeness (QED) is 0.0125. The van der Waals surface area contributed by atoms with Gasteiger partial charge in [-0.3, -0.25) is 0 Å². The van der Waals surface area contributed by atoms with Crippen LogP contribution in [0.2, 0.25) is 0 Å². The number of hydrogen-bond donors (Lipinski definition) is 12. The summed E-state index contributed by atoms with van der Waals surface area (Å²) in [5, 5.41) is 129. The van der Waals surface area contributed by atoms with E-state index in [4.69, 9.17) is 129 Å². The zero-order valence-corrected chi connectivity index (χ0v) is 83.4. The number of benzene rings is 2. The van der Waals surface area contributed by atoms with Crippen LogP contribution in [0, 0.1) is 29.6 Å². The van der Waals surface area contributed by atoms with Crippen LogP contribution in [0.4, 0.5) is 13.2 Å². The summed E-state index contributed by atoms with van der Waals surface area (Å²) in [4.78, 5) is 77.8. The molecule has 0 spiro atoms. The summed E-state index contributed by atoms with van der Waals surface area (Å²) in [5.74, 6) is -1.91. The Balaban J connectivity index is 0.000000264. The van der Waals surface area contributed by atoms with Crippen molar-refractivity contribution < 1.29 is 231 Å². The Bertz CT molecular complexity index is 4420. The standard InChI is InChI=1S/C33H46O16.C32H51F3O14.C31H44O15/c1-17(2)46-27-23(35)24(36)32(48-29(27)31(39)45-16-21-7-6-12-41-21)43-14-13-42-26-22(34)25(37)33(47-18(3)4)49-28(26)30(38)44-15-19-8-10-20(40-5)11-9-19;1-14(2)11-17-18(31(17,7)8)12-44-27(40)26-24(46-15(3)4)20(37)21(38)29(48-26)43-10-9-42-23-19(36)22(39)30(47-16(5)6)49-25(23)28(41)45-13-32(33,34)35;1-7-12-40-28(36)27-25(43-16(2)3)21(33)22(34)30(45-27)41-14-13-39-24-20(32)23(35)31(44-17(4)5)46-26(24)29(37)42-15-18-8-10-19(38-6)11-9-18/h6-12,17-18,22-29,32-37H,13-16H2,1-5H3;11,15-26,29-30,36-39H,9-10,12-13H2,1-8H3;1,8-11,16-17,20-27,30-35H,12-15H2,2-6H3/t22-,23-,24+,25+,26+,27+,28?,29?,32-,33-;17?,18?,19-,20-,21+,22+,23+,24+,25?,26?,29-,30-;20-,21-,22+,23+,24+,25+,26?,27?,30-,31-/m111/s1. The van der Waals surface area contributed by atoms with Crippen molar-refractivity contribution in [1.29, 1.82) is 0 Å². The number of esters is 6. The van der Waals surface area contributed by atoms with E-state index >= 15 is 0 Å². The van der Waals surface area contributed by atoms with Gasteiger partial charge in [0.15, 0.2) is 87.6 Å². The molecule has 8 unspecified atom stereocenters. The number of aliphatic hydroxyl groups is 12. The summed E-state index contributed by atoms with van der Waals surface area (Å²) < 4.78 is 186. The predicted molar refractivity (Wildman–Crippen MR) is 482 cm³/mol. The van der Waals surface area contributed by atoms with Gasteiger partial charge >= 0.3 is 42.0 Å². The summed E-state index contributed by atoms with van der Waals surface area (Å²) in [6, 6.07) is 16.9. The van der Waals surface area contributed by atoms with Gasteiger partial charge in [0, 0.05) is 5.92 Å². The molecular weight excluding hydrogens is 1930 g/mol. The molecular formula is C96H141F3O45. The lowest BCUT2D eigenvalue weighted by Crippen LogP contribution is -2.62. The Morgan fingerprint density at radius 3 is 0.965 bits per heavy atom. The van der Waals surface area contributed by atoms with E-state index in [0.717, 1.165) is 5.57 Å². The zero-order chi connectivity index (χ0) is 107. The van der Waals surface area contributed by atoms with Gasteiger partial charge in [0.1, 0.15) is 147 Å². The van der Waals surface area contributed by atoms with Gasteiger partial charge in [0.25, 0.3) is 0 Å². The lowest BCUT2D eigenvalue weighted by molar-refractivity contribution is -0.317. The molecule has 1 aromatic heterocycles. The zero-order valence-electron chi connectivity index (χ0n) is 83.4. The molecule has 6 aliphatic heterocycles. The highest BCUT2D eigenvalue weighted by Gasteiger charge is 2.60. The fourth-order valence-corrected chi connectivity index (χ4v) is 15.7. The van der Waals surface area contributed by atoms with Gasteiger partial charge in [-0.05, 0) is 156 Å². The smallest absolute Gasteiger partial charge is 0.422 e. The highest BCUT2D eigenvalue weighted by Crippen LogP contribution is 2.59. The van der Waals surface area contributed by atoms with Crippen LogP contribution in [0.3, 0.4) is 0 Å². The first kappa shape index (κ1) is 121. The van der Waals surface area contributed by atoms with E-state index in [2.05, 4.69) is 30.6 Å². The Morgan fingerprint density at radius 2 is 0.667 bits per heavy atom. The number of methoxy groups -OCH3 is 2. The SMILES string of the molecule is C#CCOC(=O)C1O[C@@H](OCCO[C@@H]2C(C(=O)OCc3ccc(OC)cc3)O[C@@H](OC(C)C)[C@@H](O)[C@H]2O)[C@@H](O)[C@@H](O)[C@@H]1OC(C)C.CC(C)=CC1C(COC(=O)C2O[C@@H](OCCO[C@@H]3C(C(=O)OCC(F)(F)F)O[C@@H](OC(C)C)[C@@H](O)[C@H]3O)[C@@H](O)[C@@H](O)[C@@H]2OC(C)C)C1(C)C.COc1ccc(COC(=O)C2O[C@@H](OC(C)C)[C@@H](O)[C@@H](O)[C@@H]2OCCO[C@@H]2OC(C(=O)OCc3ccco3)[C@@H](OC(C)C)[C@H](O)[C@@H]2O)cc1. The van der Waals surface area contributed by atoms with Crippen molar-refractivity contribution in [1.82, 2.24) is 0 Å². The van der Waals surface area contributed by atoms with Crippen molar-refractivity contribution >= 4 is 35.8 Å². The van der Waals surface area contributed by atoms with Gasteiger partial charge in [-0.25, -0.2) is 28.8 Å². The lowest BCUT2D eigenvalue weighted by atomic mass is 9.98. The third-order valence-electron chi connectivity index (χ3n) is 22.9. The lowest BCUT2D eigenvalue weighted by Gasteiger charge is -2.42.